The number of phenolic OH excluding ortho intramolecular Hbond substituents is 2. The Morgan fingerprint density at radius 3 is 2.43 bits per heavy atom. The van der Waals surface area contributed by atoms with Crippen LogP contribution >= 0.6 is 0 Å². The van der Waals surface area contributed by atoms with E-state index in [1.807, 2.05) is 63.2 Å². The maximum Gasteiger partial charge on any atom is 0.272 e. The second kappa shape index (κ2) is 9.85. The van der Waals surface area contributed by atoms with Gasteiger partial charge in [0.15, 0.2) is 0 Å². The number of carbonyl (C=O) groups is 1. The number of ether oxygens (including phenoxy) is 1. The Kier molecular flexibility index (Phi) is 6.68. The van der Waals surface area contributed by atoms with Gasteiger partial charge in [-0.2, -0.15) is 5.10 Å². The van der Waals surface area contributed by atoms with Crippen LogP contribution in [0.15, 0.2) is 71.8 Å². The lowest BCUT2D eigenvalue weighted by molar-refractivity contribution is 0.0956. The highest BCUT2D eigenvalue weighted by Gasteiger charge is 2.15. The van der Waals surface area contributed by atoms with Gasteiger partial charge in [-0.15, -0.1) is 0 Å². The van der Waals surface area contributed by atoms with Crippen LogP contribution < -0.4 is 10.2 Å². The van der Waals surface area contributed by atoms with Crippen LogP contribution in [0.2, 0.25) is 0 Å². The lowest BCUT2D eigenvalue weighted by Crippen LogP contribution is -2.20. The van der Waals surface area contributed by atoms with E-state index in [4.69, 9.17) is 9.72 Å². The van der Waals surface area contributed by atoms with Crippen molar-refractivity contribution in [3.63, 3.8) is 0 Å². The summed E-state index contributed by atoms with van der Waals surface area (Å²) in [5, 5.41) is 24.6. The number of amides is 1. The average molecular weight is 470 g/mol. The van der Waals surface area contributed by atoms with Crippen molar-refractivity contribution in [3.8, 4) is 28.5 Å². The topological polar surface area (TPSA) is 104 Å². The Labute approximate surface area is 203 Å². The molecule has 0 saturated carbocycles. The Bertz CT molecular complexity index is 1430. The van der Waals surface area contributed by atoms with Gasteiger partial charge in [0.05, 0.1) is 28.6 Å². The molecule has 35 heavy (non-hydrogen) atoms. The summed E-state index contributed by atoms with van der Waals surface area (Å²) in [6.45, 7) is 7.53. The fourth-order valence-corrected chi connectivity index (χ4v) is 3.72. The number of rotatable bonds is 6. The molecule has 0 aliphatic carbocycles. The molecule has 1 amide bonds. The van der Waals surface area contributed by atoms with E-state index in [0.29, 0.717) is 33.4 Å². The maximum absolute atomic E-state index is 13.2. The number of hydrazone groups is 1. The fraction of sp³-hybridized carbons (Fsp3) is 0.179. The summed E-state index contributed by atoms with van der Waals surface area (Å²) in [5.41, 5.74) is 6.85. The molecule has 4 rings (SSSR count). The zero-order valence-electron chi connectivity index (χ0n) is 20.0. The molecule has 0 atom stereocenters. The van der Waals surface area contributed by atoms with Gasteiger partial charge >= 0.3 is 0 Å². The molecular weight excluding hydrogens is 442 g/mol. The van der Waals surface area contributed by atoms with Crippen molar-refractivity contribution in [1.82, 2.24) is 10.4 Å². The Hall–Kier alpha value is -4.39. The molecule has 178 valence electrons. The molecule has 0 aliphatic rings. The summed E-state index contributed by atoms with van der Waals surface area (Å²) < 4.78 is 5.72. The molecule has 3 aromatic carbocycles. The van der Waals surface area contributed by atoms with Crippen molar-refractivity contribution in [2.45, 2.75) is 33.8 Å². The first-order valence-electron chi connectivity index (χ1n) is 11.3. The lowest BCUT2D eigenvalue weighted by Gasteiger charge is -2.12. The summed E-state index contributed by atoms with van der Waals surface area (Å²) in [6.07, 6.45) is 0.0731. The second-order valence-electron chi connectivity index (χ2n) is 8.61. The van der Waals surface area contributed by atoms with Crippen LogP contribution in [-0.4, -0.2) is 32.9 Å². The summed E-state index contributed by atoms with van der Waals surface area (Å²) in [7, 11) is 0. The number of aromatic hydroxyl groups is 2. The van der Waals surface area contributed by atoms with Crippen LogP contribution in [0.5, 0.6) is 17.2 Å². The van der Waals surface area contributed by atoms with Gasteiger partial charge in [0.2, 0.25) is 0 Å². The first-order chi connectivity index (χ1) is 16.7. The molecular formula is C28H27N3O4. The quantitative estimate of drug-likeness (QED) is 0.195. The second-order valence-corrected chi connectivity index (χ2v) is 8.61. The highest BCUT2D eigenvalue weighted by molar-refractivity contribution is 6.08. The predicted molar refractivity (Wildman–Crippen MR) is 137 cm³/mol. The zero-order valence-corrected chi connectivity index (χ0v) is 20.0. The molecule has 1 aromatic heterocycles. The van der Waals surface area contributed by atoms with E-state index in [0.717, 1.165) is 16.9 Å². The van der Waals surface area contributed by atoms with Gasteiger partial charge in [-0.1, -0.05) is 11.6 Å². The third-order valence-electron chi connectivity index (χ3n) is 5.43. The van der Waals surface area contributed by atoms with Gasteiger partial charge in [0, 0.05) is 16.5 Å². The summed E-state index contributed by atoms with van der Waals surface area (Å²) >= 11 is 0. The standard InChI is InChI=1S/C28H27N3O4/c1-16(2)35-21-9-6-19(7-10-21)26-15-24(23-13-17(3)5-11-25(23)29-26)28(34)31-30-18(4)22-14-20(32)8-12-27(22)33/h5-16,32-33H,1-4H3,(H,31,34). The van der Waals surface area contributed by atoms with Crippen LogP contribution in [0.4, 0.5) is 0 Å². The molecule has 4 aromatic rings. The minimum absolute atomic E-state index is 0.0104. The summed E-state index contributed by atoms with van der Waals surface area (Å²) in [4.78, 5) is 18.0. The molecule has 0 unspecified atom stereocenters. The molecule has 0 bridgehead atoms. The number of nitrogens with one attached hydrogen (secondary N) is 1. The number of aromatic nitrogens is 1. The van der Waals surface area contributed by atoms with Crippen LogP contribution in [0, 0.1) is 6.92 Å². The number of nitrogens with zero attached hydrogens (tertiary/aromatic N) is 2. The monoisotopic (exact) mass is 469 g/mol. The van der Waals surface area contributed by atoms with Crippen LogP contribution in [0.1, 0.15) is 42.3 Å². The number of pyridine rings is 1. The minimum atomic E-state index is -0.414. The largest absolute Gasteiger partial charge is 0.508 e. The molecule has 0 spiro atoms. The van der Waals surface area contributed by atoms with Crippen molar-refractivity contribution in [1.29, 1.82) is 0 Å². The molecule has 7 heteroatoms. The number of fused-ring (bicyclic) bond motifs is 1. The first kappa shape index (κ1) is 23.8. The van der Waals surface area contributed by atoms with Gasteiger partial charge in [0.1, 0.15) is 17.2 Å². The molecule has 0 fully saturated rings. The SMILES string of the molecule is CC(=NNC(=O)c1cc(-c2ccc(OC(C)C)cc2)nc2ccc(C)cc12)c1cc(O)ccc1O. The van der Waals surface area contributed by atoms with Crippen molar-refractivity contribution in [2.75, 3.05) is 0 Å². The number of aryl methyl sites for hydroxylation is 1. The van der Waals surface area contributed by atoms with Crippen LogP contribution in [-0.2, 0) is 0 Å². The van der Waals surface area contributed by atoms with Gasteiger partial charge in [-0.05, 0) is 88.4 Å². The van der Waals surface area contributed by atoms with Crippen molar-refractivity contribution < 1.29 is 19.7 Å². The number of carbonyl (C=O) groups excluding carboxylic acids is 1. The zero-order chi connectivity index (χ0) is 25.1. The highest BCUT2D eigenvalue weighted by atomic mass is 16.5. The molecule has 0 saturated heterocycles. The third-order valence-corrected chi connectivity index (χ3v) is 5.43. The van der Waals surface area contributed by atoms with Crippen molar-refractivity contribution in [2.24, 2.45) is 5.10 Å². The number of hydrogen-bond acceptors (Lipinski definition) is 6. The van der Waals surface area contributed by atoms with Crippen molar-refractivity contribution in [3.05, 3.63) is 83.4 Å². The average Bonchev–Trinajstić information content (AvgIpc) is 2.83. The van der Waals surface area contributed by atoms with E-state index in [1.54, 1.807) is 13.0 Å². The van der Waals surface area contributed by atoms with Crippen molar-refractivity contribution >= 4 is 22.5 Å². The third kappa shape index (κ3) is 5.41. The molecule has 3 N–H and O–H groups in total. The smallest absolute Gasteiger partial charge is 0.272 e. The van der Waals surface area contributed by atoms with Gasteiger partial charge in [-0.25, -0.2) is 10.4 Å². The molecule has 7 nitrogen and oxygen atoms in total. The van der Waals surface area contributed by atoms with E-state index >= 15 is 0 Å². The normalized spacial score (nSPS) is 11.6. The number of hydrogen-bond donors (Lipinski definition) is 3. The Balaban J connectivity index is 1.71. The summed E-state index contributed by atoms with van der Waals surface area (Å²) in [5.74, 6) is 0.292. The van der Waals surface area contributed by atoms with E-state index < -0.39 is 5.91 Å². The van der Waals surface area contributed by atoms with Gasteiger partial charge in [0.25, 0.3) is 5.91 Å². The van der Waals surface area contributed by atoms with E-state index in [-0.39, 0.29) is 17.6 Å². The van der Waals surface area contributed by atoms with E-state index in [9.17, 15) is 15.0 Å². The minimum Gasteiger partial charge on any atom is -0.508 e. The van der Waals surface area contributed by atoms with Gasteiger partial charge < -0.3 is 14.9 Å². The highest BCUT2D eigenvalue weighted by Crippen LogP contribution is 2.28. The maximum atomic E-state index is 13.2. The Morgan fingerprint density at radius 1 is 0.971 bits per heavy atom. The summed E-state index contributed by atoms with van der Waals surface area (Å²) in [6, 6.07) is 19.2. The first-order valence-corrected chi connectivity index (χ1v) is 11.3. The fourth-order valence-electron chi connectivity index (χ4n) is 3.72. The van der Waals surface area contributed by atoms with E-state index in [1.165, 1.54) is 18.2 Å². The molecule has 1 heterocycles. The number of benzene rings is 3. The Morgan fingerprint density at radius 2 is 1.71 bits per heavy atom. The lowest BCUT2D eigenvalue weighted by atomic mass is 10.0. The van der Waals surface area contributed by atoms with Gasteiger partial charge in [-0.3, -0.25) is 4.79 Å². The molecule has 0 radical (unpaired) electrons. The van der Waals surface area contributed by atoms with Crippen LogP contribution in [0.3, 0.4) is 0 Å². The predicted octanol–water partition coefficient (Wildman–Crippen LogP) is 5.56. The van der Waals surface area contributed by atoms with Crippen LogP contribution in [0.25, 0.3) is 22.2 Å². The number of phenols is 2. The van der Waals surface area contributed by atoms with E-state index in [2.05, 4.69) is 10.5 Å². The molecule has 0 aliphatic heterocycles.